The Labute approximate surface area is 86.4 Å². The fraction of sp³-hybridized carbons (Fsp3) is 0.818. The SMILES string of the molecule is CCCCCCCCC/C=C/[N+](=O)[O-]. The molecule has 0 heterocycles. The predicted molar refractivity (Wildman–Crippen MR) is 58.7 cm³/mol. The van der Waals surface area contributed by atoms with E-state index in [-0.39, 0.29) is 0 Å². The highest BCUT2D eigenvalue weighted by molar-refractivity contribution is 4.71. The molecule has 0 fully saturated rings. The molecular weight excluding hydrogens is 178 g/mol. The van der Waals surface area contributed by atoms with Crippen molar-refractivity contribution in [1.29, 1.82) is 0 Å². The molecule has 0 aliphatic heterocycles. The van der Waals surface area contributed by atoms with Crippen molar-refractivity contribution in [2.45, 2.75) is 58.3 Å². The molecule has 0 amide bonds. The zero-order chi connectivity index (χ0) is 10.6. The lowest BCUT2D eigenvalue weighted by Crippen LogP contribution is -1.83. The number of allylic oxidation sites excluding steroid dienone is 1. The first-order valence-corrected chi connectivity index (χ1v) is 5.57. The fourth-order valence-corrected chi connectivity index (χ4v) is 1.38. The minimum absolute atomic E-state index is 0.402. The smallest absolute Gasteiger partial charge is 0.230 e. The van der Waals surface area contributed by atoms with Gasteiger partial charge in [-0.05, 0) is 18.9 Å². The third-order valence-corrected chi connectivity index (χ3v) is 2.20. The van der Waals surface area contributed by atoms with Gasteiger partial charge in [0, 0.05) is 0 Å². The van der Waals surface area contributed by atoms with Crippen LogP contribution in [0.25, 0.3) is 0 Å². The Morgan fingerprint density at radius 3 is 2.21 bits per heavy atom. The third-order valence-electron chi connectivity index (χ3n) is 2.20. The number of hydrogen-bond acceptors (Lipinski definition) is 2. The number of nitro groups is 1. The molecule has 0 saturated heterocycles. The highest BCUT2D eigenvalue weighted by Crippen LogP contribution is 2.08. The van der Waals surface area contributed by atoms with Gasteiger partial charge in [0.2, 0.25) is 6.20 Å². The molecule has 82 valence electrons. The molecule has 0 aromatic heterocycles. The van der Waals surface area contributed by atoms with Crippen LogP contribution in [0.5, 0.6) is 0 Å². The van der Waals surface area contributed by atoms with Crippen LogP contribution in [-0.4, -0.2) is 4.92 Å². The van der Waals surface area contributed by atoms with Crippen LogP contribution in [0.4, 0.5) is 0 Å². The average Bonchev–Trinajstić information content (AvgIpc) is 2.15. The molecule has 3 nitrogen and oxygen atoms in total. The zero-order valence-electron chi connectivity index (χ0n) is 9.08. The Kier molecular flexibility index (Phi) is 9.59. The summed E-state index contributed by atoms with van der Waals surface area (Å²) in [6.07, 6.45) is 12.3. The molecule has 0 rings (SSSR count). The minimum atomic E-state index is -0.402. The Bertz CT molecular complexity index is 167. The summed E-state index contributed by atoms with van der Waals surface area (Å²) in [6.45, 7) is 2.21. The van der Waals surface area contributed by atoms with E-state index in [1.807, 2.05) is 0 Å². The molecule has 0 aliphatic rings. The highest BCUT2D eigenvalue weighted by Gasteiger charge is 1.90. The quantitative estimate of drug-likeness (QED) is 0.321. The standard InChI is InChI=1S/C11H21NO2/c1-2-3-4-5-6-7-8-9-10-11-12(13)14/h10-11H,2-9H2,1H3/b11-10+. The fourth-order valence-electron chi connectivity index (χ4n) is 1.38. The second-order valence-electron chi connectivity index (χ2n) is 3.58. The molecule has 0 N–H and O–H groups in total. The second kappa shape index (κ2) is 10.2. The average molecular weight is 199 g/mol. The van der Waals surface area contributed by atoms with Crippen molar-refractivity contribution in [3.05, 3.63) is 22.4 Å². The Hall–Kier alpha value is -0.860. The van der Waals surface area contributed by atoms with Gasteiger partial charge in [-0.15, -0.1) is 0 Å². The first kappa shape index (κ1) is 13.1. The number of hydrogen-bond donors (Lipinski definition) is 0. The first-order valence-electron chi connectivity index (χ1n) is 5.57. The molecule has 3 heteroatoms. The molecule has 0 aliphatic carbocycles. The van der Waals surface area contributed by atoms with Crippen molar-refractivity contribution in [2.75, 3.05) is 0 Å². The van der Waals surface area contributed by atoms with Crippen molar-refractivity contribution >= 4 is 0 Å². The van der Waals surface area contributed by atoms with Crippen molar-refractivity contribution in [3.63, 3.8) is 0 Å². The van der Waals surface area contributed by atoms with Gasteiger partial charge in [-0.1, -0.05) is 45.4 Å². The van der Waals surface area contributed by atoms with Crippen LogP contribution in [0.1, 0.15) is 58.3 Å². The molecule has 0 radical (unpaired) electrons. The van der Waals surface area contributed by atoms with Crippen molar-refractivity contribution in [1.82, 2.24) is 0 Å². The number of unbranched alkanes of at least 4 members (excludes halogenated alkanes) is 7. The molecule has 0 aromatic carbocycles. The summed E-state index contributed by atoms with van der Waals surface area (Å²) in [4.78, 5) is 9.52. The van der Waals surface area contributed by atoms with E-state index in [9.17, 15) is 10.1 Å². The minimum Gasteiger partial charge on any atom is -0.259 e. The highest BCUT2D eigenvalue weighted by atomic mass is 16.6. The summed E-state index contributed by atoms with van der Waals surface area (Å²) >= 11 is 0. The first-order chi connectivity index (χ1) is 6.77. The molecule has 0 aromatic rings. The normalized spacial score (nSPS) is 10.9. The monoisotopic (exact) mass is 199 g/mol. The van der Waals surface area contributed by atoms with Gasteiger partial charge in [0.25, 0.3) is 0 Å². The van der Waals surface area contributed by atoms with Crippen LogP contribution < -0.4 is 0 Å². The van der Waals surface area contributed by atoms with E-state index in [0.717, 1.165) is 19.0 Å². The molecule has 0 bridgehead atoms. The lowest BCUT2D eigenvalue weighted by Gasteiger charge is -1.98. The summed E-state index contributed by atoms with van der Waals surface area (Å²) in [5.74, 6) is 0. The van der Waals surface area contributed by atoms with E-state index < -0.39 is 4.92 Å². The van der Waals surface area contributed by atoms with E-state index in [4.69, 9.17) is 0 Å². The van der Waals surface area contributed by atoms with Gasteiger partial charge in [-0.3, -0.25) is 10.1 Å². The van der Waals surface area contributed by atoms with Crippen LogP contribution in [0.15, 0.2) is 12.3 Å². The van der Waals surface area contributed by atoms with Crippen molar-refractivity contribution < 1.29 is 4.92 Å². The maximum atomic E-state index is 9.93. The van der Waals surface area contributed by atoms with Gasteiger partial charge in [0.15, 0.2) is 0 Å². The van der Waals surface area contributed by atoms with Crippen molar-refractivity contribution in [3.8, 4) is 0 Å². The summed E-state index contributed by atoms with van der Waals surface area (Å²) in [7, 11) is 0. The van der Waals surface area contributed by atoms with Gasteiger partial charge >= 0.3 is 0 Å². The second-order valence-corrected chi connectivity index (χ2v) is 3.58. The maximum absolute atomic E-state index is 9.93. The van der Waals surface area contributed by atoms with Crippen LogP contribution in [-0.2, 0) is 0 Å². The number of rotatable bonds is 9. The molecule has 0 atom stereocenters. The van der Waals surface area contributed by atoms with E-state index in [0.29, 0.717) is 0 Å². The molecule has 0 saturated carbocycles. The Morgan fingerprint density at radius 1 is 1.07 bits per heavy atom. The van der Waals surface area contributed by atoms with E-state index >= 15 is 0 Å². The topological polar surface area (TPSA) is 43.1 Å². The number of nitrogens with zero attached hydrogens (tertiary/aromatic N) is 1. The van der Waals surface area contributed by atoms with Crippen LogP contribution in [0, 0.1) is 10.1 Å². The lowest BCUT2D eigenvalue weighted by molar-refractivity contribution is -0.402. The zero-order valence-corrected chi connectivity index (χ0v) is 9.08. The molecule has 14 heavy (non-hydrogen) atoms. The summed E-state index contributed by atoms with van der Waals surface area (Å²) in [6, 6.07) is 0. The van der Waals surface area contributed by atoms with Crippen molar-refractivity contribution in [2.24, 2.45) is 0 Å². The molecule has 0 unspecified atom stereocenters. The summed E-state index contributed by atoms with van der Waals surface area (Å²) < 4.78 is 0. The van der Waals surface area contributed by atoms with Gasteiger partial charge in [0.1, 0.15) is 0 Å². The van der Waals surface area contributed by atoms with Crippen LogP contribution in [0.3, 0.4) is 0 Å². The van der Waals surface area contributed by atoms with E-state index in [1.54, 1.807) is 6.08 Å². The van der Waals surface area contributed by atoms with E-state index in [1.165, 1.54) is 38.5 Å². The largest absolute Gasteiger partial charge is 0.259 e. The predicted octanol–water partition coefficient (Wildman–Crippen LogP) is 3.92. The van der Waals surface area contributed by atoms with Crippen LogP contribution >= 0.6 is 0 Å². The Balaban J connectivity index is 3.02. The molecular formula is C11H21NO2. The van der Waals surface area contributed by atoms with Gasteiger partial charge in [-0.2, -0.15) is 0 Å². The third kappa shape index (κ3) is 11.1. The summed E-state index contributed by atoms with van der Waals surface area (Å²) in [5, 5.41) is 9.93. The van der Waals surface area contributed by atoms with E-state index in [2.05, 4.69) is 6.92 Å². The molecule has 0 spiro atoms. The lowest BCUT2D eigenvalue weighted by atomic mass is 10.1. The van der Waals surface area contributed by atoms with Gasteiger partial charge < -0.3 is 0 Å². The van der Waals surface area contributed by atoms with Gasteiger partial charge in [-0.25, -0.2) is 0 Å². The van der Waals surface area contributed by atoms with Crippen LogP contribution in [0.2, 0.25) is 0 Å². The van der Waals surface area contributed by atoms with Gasteiger partial charge in [0.05, 0.1) is 4.92 Å². The maximum Gasteiger partial charge on any atom is 0.230 e. The summed E-state index contributed by atoms with van der Waals surface area (Å²) in [5.41, 5.74) is 0. The Morgan fingerprint density at radius 2 is 1.64 bits per heavy atom.